The van der Waals surface area contributed by atoms with Gasteiger partial charge in [-0.05, 0) is 37.6 Å². The fraction of sp³-hybridized carbons (Fsp3) is 0.214. The number of hydrogen-bond donors (Lipinski definition) is 2. The minimum atomic E-state index is -0.207. The van der Waals surface area contributed by atoms with Gasteiger partial charge in [0, 0.05) is 9.75 Å². The van der Waals surface area contributed by atoms with Crippen LogP contribution in [-0.2, 0) is 6.54 Å². The first-order valence-corrected chi connectivity index (χ1v) is 7.06. The monoisotopic (exact) mass is 294 g/mol. The van der Waals surface area contributed by atoms with Gasteiger partial charge in [0.2, 0.25) is 0 Å². The molecule has 19 heavy (non-hydrogen) atoms. The summed E-state index contributed by atoms with van der Waals surface area (Å²) in [5.74, 6) is -0.207. The molecule has 2 rings (SSSR count). The average Bonchev–Trinajstić information content (AvgIpc) is 2.69. The Balaban J connectivity index is 2.07. The molecule has 0 saturated carbocycles. The molecule has 2 aromatic rings. The summed E-state index contributed by atoms with van der Waals surface area (Å²) in [5.41, 5.74) is 7.75. The fourth-order valence-electron chi connectivity index (χ4n) is 1.72. The molecule has 0 aliphatic heterocycles. The van der Waals surface area contributed by atoms with Crippen molar-refractivity contribution >= 4 is 34.5 Å². The predicted molar refractivity (Wildman–Crippen MR) is 80.8 cm³/mol. The van der Waals surface area contributed by atoms with Gasteiger partial charge in [-0.25, -0.2) is 0 Å². The van der Waals surface area contributed by atoms with Crippen LogP contribution in [0, 0.1) is 13.8 Å². The molecule has 5 heteroatoms. The molecular formula is C14H15ClN2OS. The van der Waals surface area contributed by atoms with Gasteiger partial charge in [-0.2, -0.15) is 0 Å². The second kappa shape index (κ2) is 5.63. The molecule has 0 atom stereocenters. The van der Waals surface area contributed by atoms with Crippen molar-refractivity contribution in [1.29, 1.82) is 0 Å². The molecule has 0 radical (unpaired) electrons. The minimum Gasteiger partial charge on any atom is -0.398 e. The van der Waals surface area contributed by atoms with E-state index in [1.54, 1.807) is 29.5 Å². The number of anilines is 1. The number of carbonyl (C=O) groups excluding carboxylic acids is 1. The van der Waals surface area contributed by atoms with Crippen molar-refractivity contribution < 1.29 is 4.79 Å². The number of rotatable bonds is 3. The Labute approximate surface area is 121 Å². The first-order valence-electron chi connectivity index (χ1n) is 5.87. The summed E-state index contributed by atoms with van der Waals surface area (Å²) in [5, 5.41) is 3.16. The van der Waals surface area contributed by atoms with E-state index >= 15 is 0 Å². The zero-order chi connectivity index (χ0) is 14.0. The highest BCUT2D eigenvalue weighted by Crippen LogP contribution is 2.23. The van der Waals surface area contributed by atoms with Crippen molar-refractivity contribution in [1.82, 2.24) is 5.32 Å². The van der Waals surface area contributed by atoms with Crippen LogP contribution in [0.25, 0.3) is 0 Å². The van der Waals surface area contributed by atoms with E-state index in [1.165, 1.54) is 10.4 Å². The number of amides is 1. The Morgan fingerprint density at radius 3 is 2.79 bits per heavy atom. The number of nitrogens with two attached hydrogens (primary N) is 1. The van der Waals surface area contributed by atoms with Crippen LogP contribution in [0.3, 0.4) is 0 Å². The fourth-order valence-corrected chi connectivity index (χ4v) is 2.93. The maximum atomic E-state index is 12.0. The zero-order valence-corrected chi connectivity index (χ0v) is 12.4. The molecular weight excluding hydrogens is 280 g/mol. The van der Waals surface area contributed by atoms with E-state index in [-0.39, 0.29) is 5.91 Å². The molecule has 100 valence electrons. The number of halogens is 1. The van der Waals surface area contributed by atoms with Gasteiger partial charge in [-0.15, -0.1) is 11.3 Å². The van der Waals surface area contributed by atoms with E-state index in [4.69, 9.17) is 17.3 Å². The minimum absolute atomic E-state index is 0.207. The summed E-state index contributed by atoms with van der Waals surface area (Å²) < 4.78 is 0. The second-order valence-corrected chi connectivity index (χ2v) is 6.06. The quantitative estimate of drug-likeness (QED) is 0.851. The van der Waals surface area contributed by atoms with E-state index < -0.39 is 0 Å². The van der Waals surface area contributed by atoms with Crippen molar-refractivity contribution in [2.24, 2.45) is 0 Å². The Bertz CT molecular complexity index is 602. The molecule has 0 aliphatic carbocycles. The molecule has 1 heterocycles. The summed E-state index contributed by atoms with van der Waals surface area (Å²) in [6, 6.07) is 7.14. The van der Waals surface area contributed by atoms with Crippen LogP contribution in [-0.4, -0.2) is 5.91 Å². The van der Waals surface area contributed by atoms with Crippen LogP contribution < -0.4 is 11.1 Å². The van der Waals surface area contributed by atoms with Gasteiger partial charge < -0.3 is 11.1 Å². The molecule has 0 bridgehead atoms. The molecule has 3 nitrogen and oxygen atoms in total. The Morgan fingerprint density at radius 1 is 1.42 bits per heavy atom. The Hall–Kier alpha value is -1.52. The van der Waals surface area contributed by atoms with Gasteiger partial charge in [0.1, 0.15) is 0 Å². The summed E-state index contributed by atoms with van der Waals surface area (Å²) in [6.45, 7) is 4.63. The smallest absolute Gasteiger partial charge is 0.253 e. The first kappa shape index (κ1) is 13.9. The first-order chi connectivity index (χ1) is 8.99. The van der Waals surface area contributed by atoms with Gasteiger partial charge >= 0.3 is 0 Å². The van der Waals surface area contributed by atoms with Gasteiger partial charge in [0.25, 0.3) is 5.91 Å². The number of carbonyl (C=O) groups is 1. The predicted octanol–water partition coefficient (Wildman–Crippen LogP) is 3.53. The maximum Gasteiger partial charge on any atom is 0.253 e. The van der Waals surface area contributed by atoms with E-state index in [2.05, 4.69) is 25.2 Å². The number of hydrogen-bond acceptors (Lipinski definition) is 3. The van der Waals surface area contributed by atoms with E-state index in [9.17, 15) is 4.79 Å². The summed E-state index contributed by atoms with van der Waals surface area (Å²) in [4.78, 5) is 14.4. The lowest BCUT2D eigenvalue weighted by molar-refractivity contribution is 0.0951. The average molecular weight is 295 g/mol. The molecule has 1 aromatic carbocycles. The highest BCUT2D eigenvalue weighted by molar-refractivity contribution is 7.12. The van der Waals surface area contributed by atoms with Crippen LogP contribution in [0.5, 0.6) is 0 Å². The summed E-state index contributed by atoms with van der Waals surface area (Å²) in [6.07, 6.45) is 0. The number of thiophene rings is 1. The third-order valence-corrected chi connectivity index (χ3v) is 4.49. The van der Waals surface area contributed by atoms with E-state index in [1.807, 2.05) is 0 Å². The lowest BCUT2D eigenvalue weighted by Crippen LogP contribution is -2.22. The number of nitrogen functional groups attached to an aromatic ring is 1. The summed E-state index contributed by atoms with van der Waals surface area (Å²) in [7, 11) is 0. The third kappa shape index (κ3) is 3.08. The van der Waals surface area contributed by atoms with Crippen molar-refractivity contribution in [3.8, 4) is 0 Å². The van der Waals surface area contributed by atoms with Crippen molar-refractivity contribution in [3.63, 3.8) is 0 Å². The molecule has 0 aliphatic rings. The number of nitrogens with one attached hydrogen (secondary N) is 1. The largest absolute Gasteiger partial charge is 0.398 e. The van der Waals surface area contributed by atoms with E-state index in [0.29, 0.717) is 22.8 Å². The van der Waals surface area contributed by atoms with Gasteiger partial charge in [0.05, 0.1) is 22.8 Å². The highest BCUT2D eigenvalue weighted by Gasteiger charge is 2.12. The number of benzene rings is 1. The topological polar surface area (TPSA) is 55.1 Å². The molecule has 0 unspecified atom stereocenters. The van der Waals surface area contributed by atoms with Gasteiger partial charge in [-0.3, -0.25) is 4.79 Å². The molecule has 3 N–H and O–H groups in total. The number of aryl methyl sites for hydroxylation is 2. The van der Waals surface area contributed by atoms with Crippen LogP contribution >= 0.6 is 22.9 Å². The Kier molecular flexibility index (Phi) is 4.12. The van der Waals surface area contributed by atoms with Crippen LogP contribution in [0.4, 0.5) is 5.69 Å². The second-order valence-electron chi connectivity index (χ2n) is 4.34. The highest BCUT2D eigenvalue weighted by atomic mass is 35.5. The van der Waals surface area contributed by atoms with E-state index in [0.717, 1.165) is 4.88 Å². The molecule has 0 saturated heterocycles. The SMILES string of the molecule is Cc1cc(CNC(=O)c2cccc(N)c2Cl)sc1C. The normalized spacial score (nSPS) is 10.5. The van der Waals surface area contributed by atoms with Gasteiger partial charge in [0.15, 0.2) is 0 Å². The lowest BCUT2D eigenvalue weighted by Gasteiger charge is -2.07. The van der Waals surface area contributed by atoms with Crippen molar-refractivity contribution in [2.45, 2.75) is 20.4 Å². The van der Waals surface area contributed by atoms with Crippen LogP contribution in [0.1, 0.15) is 25.7 Å². The Morgan fingerprint density at radius 2 is 2.16 bits per heavy atom. The van der Waals surface area contributed by atoms with Crippen molar-refractivity contribution in [2.75, 3.05) is 5.73 Å². The standard InChI is InChI=1S/C14H15ClN2OS/c1-8-6-10(19-9(8)2)7-17-14(18)11-4-3-5-12(16)13(11)15/h3-6H,7,16H2,1-2H3,(H,17,18). The van der Waals surface area contributed by atoms with Crippen LogP contribution in [0.15, 0.2) is 24.3 Å². The third-order valence-electron chi connectivity index (χ3n) is 2.91. The maximum absolute atomic E-state index is 12.0. The lowest BCUT2D eigenvalue weighted by atomic mass is 10.2. The van der Waals surface area contributed by atoms with Crippen LogP contribution in [0.2, 0.25) is 5.02 Å². The van der Waals surface area contributed by atoms with Gasteiger partial charge in [-0.1, -0.05) is 17.7 Å². The summed E-state index contributed by atoms with van der Waals surface area (Å²) >= 11 is 7.70. The molecule has 1 amide bonds. The zero-order valence-electron chi connectivity index (χ0n) is 10.8. The molecule has 0 fully saturated rings. The molecule has 0 spiro atoms. The molecule has 1 aromatic heterocycles. The van der Waals surface area contributed by atoms with Crippen molar-refractivity contribution in [3.05, 3.63) is 50.2 Å².